The van der Waals surface area contributed by atoms with E-state index >= 15 is 0 Å². The van der Waals surface area contributed by atoms with E-state index < -0.39 is 5.91 Å². The first-order valence-electron chi connectivity index (χ1n) is 4.50. The van der Waals surface area contributed by atoms with Crippen molar-refractivity contribution >= 4 is 11.6 Å². The van der Waals surface area contributed by atoms with Crippen LogP contribution in [0.1, 0.15) is 16.3 Å². The third-order valence-corrected chi connectivity index (χ3v) is 1.87. The summed E-state index contributed by atoms with van der Waals surface area (Å²) < 4.78 is 4.58. The monoisotopic (exact) mass is 219 g/mol. The maximum absolute atomic E-state index is 10.9. The van der Waals surface area contributed by atoms with Gasteiger partial charge in [-0.3, -0.25) is 9.78 Å². The van der Waals surface area contributed by atoms with E-state index in [9.17, 15) is 4.79 Å². The summed E-state index contributed by atoms with van der Waals surface area (Å²) in [6, 6.07) is 3.27. The number of pyridine rings is 1. The number of hydrogen-bond donors (Lipinski definition) is 2. The van der Waals surface area contributed by atoms with Crippen LogP contribution in [-0.2, 0) is 6.54 Å². The minimum atomic E-state index is -0.566. The number of hydrogen-bond acceptors (Lipinski definition) is 6. The minimum Gasteiger partial charge on any atom is -0.377 e. The van der Waals surface area contributed by atoms with Gasteiger partial charge in [0.25, 0.3) is 5.91 Å². The quantitative estimate of drug-likeness (QED) is 0.759. The number of anilines is 1. The Kier molecular flexibility index (Phi) is 2.77. The van der Waals surface area contributed by atoms with Crippen LogP contribution in [0.4, 0.5) is 5.69 Å². The highest BCUT2D eigenvalue weighted by Gasteiger charge is 2.03. The highest BCUT2D eigenvalue weighted by atomic mass is 16.5. The molecule has 2 rings (SSSR count). The Balaban J connectivity index is 2.04. The number of nitrogens with two attached hydrogens (primary N) is 1. The molecule has 0 saturated carbocycles. The summed E-state index contributed by atoms with van der Waals surface area (Å²) in [4.78, 5) is 18.5. The van der Waals surface area contributed by atoms with Gasteiger partial charge in [-0.25, -0.2) is 0 Å². The lowest BCUT2D eigenvalue weighted by Crippen LogP contribution is -2.13. The van der Waals surface area contributed by atoms with Gasteiger partial charge in [0.2, 0.25) is 6.39 Å². The third kappa shape index (κ3) is 2.32. The molecule has 0 radical (unpaired) electrons. The molecule has 0 aliphatic heterocycles. The average molecular weight is 219 g/mol. The zero-order valence-corrected chi connectivity index (χ0v) is 8.25. The number of aromatic nitrogens is 3. The van der Waals surface area contributed by atoms with Crippen molar-refractivity contribution in [2.45, 2.75) is 6.54 Å². The molecule has 0 saturated heterocycles. The van der Waals surface area contributed by atoms with Crippen LogP contribution >= 0.6 is 0 Å². The van der Waals surface area contributed by atoms with Crippen LogP contribution < -0.4 is 11.1 Å². The molecule has 16 heavy (non-hydrogen) atoms. The van der Waals surface area contributed by atoms with Gasteiger partial charge in [-0.15, -0.1) is 0 Å². The van der Waals surface area contributed by atoms with Crippen LogP contribution in [0.15, 0.2) is 29.2 Å². The fourth-order valence-electron chi connectivity index (χ4n) is 1.13. The van der Waals surface area contributed by atoms with E-state index in [1.807, 2.05) is 0 Å². The number of nitrogens with one attached hydrogen (secondary N) is 1. The average Bonchev–Trinajstić information content (AvgIpc) is 2.79. The van der Waals surface area contributed by atoms with E-state index in [0.717, 1.165) is 0 Å². The first-order chi connectivity index (χ1) is 7.75. The molecule has 0 aliphatic rings. The fourth-order valence-corrected chi connectivity index (χ4v) is 1.13. The smallest absolute Gasteiger partial charge is 0.267 e. The van der Waals surface area contributed by atoms with Crippen LogP contribution in [0.25, 0.3) is 0 Å². The molecule has 0 aliphatic carbocycles. The molecule has 7 nitrogen and oxygen atoms in total. The summed E-state index contributed by atoms with van der Waals surface area (Å²) in [6.45, 7) is 0.402. The second kappa shape index (κ2) is 4.39. The Hall–Kier alpha value is -2.44. The Bertz CT molecular complexity index is 482. The highest BCUT2D eigenvalue weighted by molar-refractivity contribution is 5.91. The number of carbonyl (C=O) groups excluding carboxylic acids is 1. The number of amides is 1. The molecule has 2 heterocycles. The SMILES string of the molecule is NC(=O)c1cc(NCc2ncon2)ccn1. The lowest BCUT2D eigenvalue weighted by molar-refractivity contribution is 0.0995. The predicted molar refractivity (Wildman–Crippen MR) is 54.4 cm³/mol. The van der Waals surface area contributed by atoms with Gasteiger partial charge in [-0.2, -0.15) is 4.98 Å². The van der Waals surface area contributed by atoms with Crippen LogP contribution in [0.3, 0.4) is 0 Å². The van der Waals surface area contributed by atoms with E-state index in [2.05, 4.69) is 25.0 Å². The van der Waals surface area contributed by atoms with Gasteiger partial charge in [0, 0.05) is 11.9 Å². The lowest BCUT2D eigenvalue weighted by Gasteiger charge is -2.03. The molecule has 0 unspecified atom stereocenters. The van der Waals surface area contributed by atoms with Gasteiger partial charge in [0.05, 0.1) is 6.54 Å². The molecule has 3 N–H and O–H groups in total. The van der Waals surface area contributed by atoms with Crippen molar-refractivity contribution in [3.05, 3.63) is 36.2 Å². The molecule has 2 aromatic heterocycles. The predicted octanol–water partition coefficient (Wildman–Crippen LogP) is 0.176. The van der Waals surface area contributed by atoms with Gasteiger partial charge in [0.1, 0.15) is 5.69 Å². The van der Waals surface area contributed by atoms with Crippen molar-refractivity contribution in [1.82, 2.24) is 15.1 Å². The largest absolute Gasteiger partial charge is 0.377 e. The van der Waals surface area contributed by atoms with Gasteiger partial charge in [-0.1, -0.05) is 5.16 Å². The van der Waals surface area contributed by atoms with Crippen molar-refractivity contribution in [1.29, 1.82) is 0 Å². The number of primary amides is 1. The second-order valence-electron chi connectivity index (χ2n) is 2.99. The molecule has 1 amide bonds. The van der Waals surface area contributed by atoms with Crippen molar-refractivity contribution in [2.24, 2.45) is 5.73 Å². The van der Waals surface area contributed by atoms with Crippen LogP contribution in [0.5, 0.6) is 0 Å². The second-order valence-corrected chi connectivity index (χ2v) is 2.99. The molecule has 7 heteroatoms. The summed E-state index contributed by atoms with van der Waals surface area (Å²) in [7, 11) is 0. The maximum atomic E-state index is 10.9. The standard InChI is InChI=1S/C9H9N5O2/c10-9(15)7-3-6(1-2-11-7)12-4-8-13-5-16-14-8/h1-3,5H,4H2,(H2,10,15)(H,11,12). The van der Waals surface area contributed by atoms with Gasteiger partial charge < -0.3 is 15.6 Å². The fraction of sp³-hybridized carbons (Fsp3) is 0.111. The number of rotatable bonds is 4. The van der Waals surface area contributed by atoms with E-state index in [1.165, 1.54) is 12.6 Å². The lowest BCUT2D eigenvalue weighted by atomic mass is 10.3. The van der Waals surface area contributed by atoms with E-state index in [0.29, 0.717) is 18.1 Å². The van der Waals surface area contributed by atoms with Crippen LogP contribution in [-0.4, -0.2) is 21.0 Å². The first kappa shape index (κ1) is 10.1. The molecule has 0 fully saturated rings. The van der Waals surface area contributed by atoms with E-state index in [1.54, 1.807) is 12.1 Å². The van der Waals surface area contributed by atoms with Crippen molar-refractivity contribution < 1.29 is 9.32 Å². The molecule has 2 aromatic rings. The Labute approximate surface area is 90.7 Å². The molecule has 0 bridgehead atoms. The topological polar surface area (TPSA) is 107 Å². The number of carbonyl (C=O) groups is 1. The van der Waals surface area contributed by atoms with E-state index in [-0.39, 0.29) is 5.69 Å². The highest BCUT2D eigenvalue weighted by Crippen LogP contribution is 2.08. The first-order valence-corrected chi connectivity index (χ1v) is 4.50. The van der Waals surface area contributed by atoms with Gasteiger partial charge in [-0.05, 0) is 12.1 Å². The van der Waals surface area contributed by atoms with Crippen molar-refractivity contribution in [3.8, 4) is 0 Å². The summed E-state index contributed by atoms with van der Waals surface area (Å²) in [5.41, 5.74) is 6.03. The van der Waals surface area contributed by atoms with Gasteiger partial charge >= 0.3 is 0 Å². The molecule has 0 spiro atoms. The number of nitrogens with zero attached hydrogens (tertiary/aromatic N) is 3. The van der Waals surface area contributed by atoms with Crippen LogP contribution in [0, 0.1) is 0 Å². The maximum Gasteiger partial charge on any atom is 0.267 e. The zero-order chi connectivity index (χ0) is 11.4. The molecule has 0 atom stereocenters. The molecular weight excluding hydrogens is 210 g/mol. The van der Waals surface area contributed by atoms with Crippen LogP contribution in [0.2, 0.25) is 0 Å². The Morgan fingerprint density at radius 1 is 1.50 bits per heavy atom. The zero-order valence-electron chi connectivity index (χ0n) is 8.25. The summed E-state index contributed by atoms with van der Waals surface area (Å²) >= 11 is 0. The summed E-state index contributed by atoms with van der Waals surface area (Å²) in [6.07, 6.45) is 2.75. The Morgan fingerprint density at radius 2 is 2.38 bits per heavy atom. The minimum absolute atomic E-state index is 0.207. The van der Waals surface area contributed by atoms with E-state index in [4.69, 9.17) is 5.73 Å². The normalized spacial score (nSPS) is 10.0. The molecule has 0 aromatic carbocycles. The van der Waals surface area contributed by atoms with Gasteiger partial charge in [0.15, 0.2) is 5.82 Å². The molecular formula is C9H9N5O2. The summed E-state index contributed by atoms with van der Waals surface area (Å²) in [5, 5.41) is 6.64. The third-order valence-electron chi connectivity index (χ3n) is 1.87. The van der Waals surface area contributed by atoms with Crippen molar-refractivity contribution in [2.75, 3.05) is 5.32 Å². The molecule has 82 valence electrons. The Morgan fingerprint density at radius 3 is 3.06 bits per heavy atom. The summed E-state index contributed by atoms with van der Waals surface area (Å²) in [5.74, 6) is -0.0411. The van der Waals surface area contributed by atoms with Crippen molar-refractivity contribution in [3.63, 3.8) is 0 Å².